The van der Waals surface area contributed by atoms with E-state index in [9.17, 15) is 9.18 Å². The zero-order chi connectivity index (χ0) is 18.1. The first kappa shape index (κ1) is 16.8. The fraction of sp³-hybridized carbons (Fsp3) is 0.200. The standard InChI is InChI=1S/C20H17ClFN3O/c21-15-3-1-2-14(10-15)18-11-19(24-23-18)20(26)25(17-8-9-17)12-13-4-6-16(22)7-5-13/h1-7,10-11,17H,8-9,12H2,(H,23,24). The summed E-state index contributed by atoms with van der Waals surface area (Å²) < 4.78 is 13.1. The summed E-state index contributed by atoms with van der Waals surface area (Å²) in [5, 5.41) is 7.71. The molecule has 1 aliphatic rings. The molecule has 0 unspecified atom stereocenters. The SMILES string of the molecule is O=C(c1cc(-c2cccc(Cl)c2)n[nH]1)N(Cc1ccc(F)cc1)C1CC1. The number of rotatable bonds is 5. The Kier molecular flexibility index (Phi) is 4.47. The van der Waals surface area contributed by atoms with E-state index < -0.39 is 0 Å². The van der Waals surface area contributed by atoms with Gasteiger partial charge < -0.3 is 4.90 Å². The lowest BCUT2D eigenvalue weighted by molar-refractivity contribution is 0.0724. The molecule has 0 aliphatic heterocycles. The molecule has 0 spiro atoms. The second-order valence-electron chi connectivity index (χ2n) is 6.47. The van der Waals surface area contributed by atoms with Gasteiger partial charge in [0.25, 0.3) is 5.91 Å². The number of halogens is 2. The molecule has 4 rings (SSSR count). The number of nitrogens with one attached hydrogen (secondary N) is 1. The summed E-state index contributed by atoms with van der Waals surface area (Å²) in [5.41, 5.74) is 2.87. The Labute approximate surface area is 155 Å². The van der Waals surface area contributed by atoms with E-state index >= 15 is 0 Å². The molecule has 1 amide bonds. The van der Waals surface area contributed by atoms with E-state index in [1.165, 1.54) is 12.1 Å². The molecule has 1 aromatic heterocycles. The second kappa shape index (κ2) is 6.92. The quantitative estimate of drug-likeness (QED) is 0.710. The van der Waals surface area contributed by atoms with Gasteiger partial charge in [-0.15, -0.1) is 0 Å². The summed E-state index contributed by atoms with van der Waals surface area (Å²) in [7, 11) is 0. The highest BCUT2D eigenvalue weighted by atomic mass is 35.5. The first-order chi connectivity index (χ1) is 12.6. The molecule has 6 heteroatoms. The third-order valence-corrected chi connectivity index (χ3v) is 4.68. The average Bonchev–Trinajstić information content (AvgIpc) is 3.36. The number of nitrogens with zero attached hydrogens (tertiary/aromatic N) is 2. The molecule has 2 aromatic carbocycles. The van der Waals surface area contributed by atoms with Crippen LogP contribution in [0.25, 0.3) is 11.3 Å². The van der Waals surface area contributed by atoms with Crippen molar-refractivity contribution in [2.24, 2.45) is 0 Å². The lowest BCUT2D eigenvalue weighted by Crippen LogP contribution is -2.32. The number of hydrogen-bond acceptors (Lipinski definition) is 2. The Morgan fingerprint density at radius 1 is 1.19 bits per heavy atom. The summed E-state index contributed by atoms with van der Waals surface area (Å²) >= 11 is 6.03. The monoisotopic (exact) mass is 369 g/mol. The van der Waals surface area contributed by atoms with Gasteiger partial charge in [0, 0.05) is 23.2 Å². The summed E-state index contributed by atoms with van der Waals surface area (Å²) in [6.07, 6.45) is 1.98. The van der Waals surface area contributed by atoms with Crippen molar-refractivity contribution in [3.63, 3.8) is 0 Å². The van der Waals surface area contributed by atoms with Gasteiger partial charge in [-0.1, -0.05) is 35.9 Å². The van der Waals surface area contributed by atoms with Gasteiger partial charge in [-0.3, -0.25) is 9.89 Å². The first-order valence-corrected chi connectivity index (χ1v) is 8.85. The van der Waals surface area contributed by atoms with E-state index in [2.05, 4.69) is 10.2 Å². The molecule has 26 heavy (non-hydrogen) atoms. The van der Waals surface area contributed by atoms with Gasteiger partial charge in [0.15, 0.2) is 0 Å². The molecule has 0 bridgehead atoms. The Bertz CT molecular complexity index is 934. The fourth-order valence-electron chi connectivity index (χ4n) is 2.92. The van der Waals surface area contributed by atoms with E-state index in [-0.39, 0.29) is 17.8 Å². The van der Waals surface area contributed by atoms with Crippen molar-refractivity contribution in [2.75, 3.05) is 0 Å². The van der Waals surface area contributed by atoms with Gasteiger partial charge in [-0.05, 0) is 48.7 Å². The van der Waals surface area contributed by atoms with Gasteiger partial charge in [0.05, 0.1) is 5.69 Å². The molecule has 1 saturated carbocycles. The Morgan fingerprint density at radius 3 is 2.65 bits per heavy atom. The third-order valence-electron chi connectivity index (χ3n) is 4.44. The van der Waals surface area contributed by atoms with Crippen molar-refractivity contribution in [3.8, 4) is 11.3 Å². The van der Waals surface area contributed by atoms with Crippen molar-refractivity contribution in [3.05, 3.63) is 76.7 Å². The average molecular weight is 370 g/mol. The first-order valence-electron chi connectivity index (χ1n) is 8.47. The van der Waals surface area contributed by atoms with Crippen LogP contribution in [0.4, 0.5) is 4.39 Å². The number of hydrogen-bond donors (Lipinski definition) is 1. The number of H-pyrrole nitrogens is 1. The molecule has 4 nitrogen and oxygen atoms in total. The third kappa shape index (κ3) is 3.63. The molecule has 1 N–H and O–H groups in total. The molecular formula is C20H17ClFN3O. The van der Waals surface area contributed by atoms with Crippen LogP contribution in [-0.4, -0.2) is 27.0 Å². The number of aromatic amines is 1. The van der Waals surface area contributed by atoms with Gasteiger partial charge in [0.2, 0.25) is 0 Å². The van der Waals surface area contributed by atoms with Gasteiger partial charge in [0.1, 0.15) is 11.5 Å². The predicted octanol–water partition coefficient (Wildman–Crippen LogP) is 4.67. The maximum atomic E-state index is 13.1. The number of aromatic nitrogens is 2. The predicted molar refractivity (Wildman–Crippen MR) is 98.3 cm³/mol. The second-order valence-corrected chi connectivity index (χ2v) is 6.90. The van der Waals surface area contributed by atoms with Crippen LogP contribution in [0.15, 0.2) is 54.6 Å². The van der Waals surface area contributed by atoms with Crippen LogP contribution in [0.2, 0.25) is 5.02 Å². The smallest absolute Gasteiger partial charge is 0.272 e. The topological polar surface area (TPSA) is 49.0 Å². The van der Waals surface area contributed by atoms with Gasteiger partial charge >= 0.3 is 0 Å². The number of amides is 1. The van der Waals surface area contributed by atoms with Crippen LogP contribution in [0.1, 0.15) is 28.9 Å². The Morgan fingerprint density at radius 2 is 1.96 bits per heavy atom. The van der Waals surface area contributed by atoms with Crippen molar-refractivity contribution in [2.45, 2.75) is 25.4 Å². The molecule has 1 aliphatic carbocycles. The van der Waals surface area contributed by atoms with Crippen LogP contribution in [0.5, 0.6) is 0 Å². The highest BCUT2D eigenvalue weighted by Gasteiger charge is 2.33. The molecular weight excluding hydrogens is 353 g/mol. The fourth-order valence-corrected chi connectivity index (χ4v) is 3.11. The van der Waals surface area contributed by atoms with E-state index in [0.29, 0.717) is 23.0 Å². The van der Waals surface area contributed by atoms with Crippen molar-refractivity contribution in [1.29, 1.82) is 0 Å². The maximum Gasteiger partial charge on any atom is 0.272 e. The van der Waals surface area contributed by atoms with Gasteiger partial charge in [-0.25, -0.2) is 4.39 Å². The van der Waals surface area contributed by atoms with Crippen molar-refractivity contribution >= 4 is 17.5 Å². The minimum atomic E-state index is -0.280. The highest BCUT2D eigenvalue weighted by molar-refractivity contribution is 6.30. The van der Waals surface area contributed by atoms with Crippen LogP contribution < -0.4 is 0 Å². The maximum absolute atomic E-state index is 13.1. The molecule has 0 saturated heterocycles. The zero-order valence-electron chi connectivity index (χ0n) is 14.0. The summed E-state index contributed by atoms with van der Waals surface area (Å²) in [6.45, 7) is 0.454. The summed E-state index contributed by atoms with van der Waals surface area (Å²) in [5.74, 6) is -0.379. The van der Waals surface area contributed by atoms with E-state index in [4.69, 9.17) is 11.6 Å². The van der Waals surface area contributed by atoms with Crippen molar-refractivity contribution < 1.29 is 9.18 Å². The molecule has 1 heterocycles. The van der Waals surface area contributed by atoms with Crippen LogP contribution in [0, 0.1) is 5.82 Å². The summed E-state index contributed by atoms with van der Waals surface area (Å²) in [4.78, 5) is 14.8. The number of carbonyl (C=O) groups excluding carboxylic acids is 1. The van der Waals surface area contributed by atoms with Crippen LogP contribution in [-0.2, 0) is 6.54 Å². The lowest BCUT2D eigenvalue weighted by Gasteiger charge is -2.21. The minimum Gasteiger partial charge on any atom is -0.330 e. The lowest BCUT2D eigenvalue weighted by atomic mass is 10.1. The highest BCUT2D eigenvalue weighted by Crippen LogP contribution is 2.30. The molecule has 132 valence electrons. The number of carbonyl (C=O) groups is 1. The zero-order valence-corrected chi connectivity index (χ0v) is 14.7. The molecule has 0 radical (unpaired) electrons. The largest absolute Gasteiger partial charge is 0.330 e. The minimum absolute atomic E-state index is 0.0994. The Hall–Kier alpha value is -2.66. The summed E-state index contributed by atoms with van der Waals surface area (Å²) in [6, 6.07) is 15.6. The molecule has 3 aromatic rings. The molecule has 0 atom stereocenters. The number of benzene rings is 2. The van der Waals surface area contributed by atoms with E-state index in [0.717, 1.165) is 24.0 Å². The van der Waals surface area contributed by atoms with Crippen molar-refractivity contribution in [1.82, 2.24) is 15.1 Å². The van der Waals surface area contributed by atoms with E-state index in [1.54, 1.807) is 24.3 Å². The molecule has 1 fully saturated rings. The normalized spacial score (nSPS) is 13.6. The van der Waals surface area contributed by atoms with Crippen LogP contribution in [0.3, 0.4) is 0 Å². The van der Waals surface area contributed by atoms with E-state index in [1.807, 2.05) is 23.1 Å². The van der Waals surface area contributed by atoms with Gasteiger partial charge in [-0.2, -0.15) is 5.10 Å². The Balaban J connectivity index is 1.56. The van der Waals surface area contributed by atoms with Crippen LogP contribution >= 0.6 is 11.6 Å².